The number of aliphatic imine (C=N–C) groups is 1. The smallest absolute Gasteiger partial charge is 0.489 e. The van der Waals surface area contributed by atoms with E-state index in [2.05, 4.69) is 32.8 Å². The van der Waals surface area contributed by atoms with Crippen LogP contribution >= 0.6 is 0 Å². The molecule has 4 rings (SSSR count). The number of nitrogens with zero attached hydrogens (tertiary/aromatic N) is 3. The van der Waals surface area contributed by atoms with Crippen LogP contribution in [-0.2, 0) is 6.42 Å². The number of rotatable bonds is 4. The SMILES string of the molecule is CN(C)C1=Nc2ccc(N3CCC(Oc4ccc(OC(F)(F)F)cc4)C3)cc2C1. The second-order valence-electron chi connectivity index (χ2n) is 7.41. The van der Waals surface area contributed by atoms with Gasteiger partial charge in [-0.2, -0.15) is 0 Å². The van der Waals surface area contributed by atoms with Crippen molar-refractivity contribution in [2.75, 3.05) is 32.1 Å². The lowest BCUT2D eigenvalue weighted by Gasteiger charge is -2.20. The summed E-state index contributed by atoms with van der Waals surface area (Å²) in [5, 5.41) is 0. The lowest BCUT2D eigenvalue weighted by Crippen LogP contribution is -2.24. The molecule has 0 saturated carbocycles. The van der Waals surface area contributed by atoms with Crippen molar-refractivity contribution in [3.8, 4) is 11.5 Å². The molecular formula is C21H22F3N3O2. The van der Waals surface area contributed by atoms with Gasteiger partial charge in [0.1, 0.15) is 23.4 Å². The van der Waals surface area contributed by atoms with Crippen molar-refractivity contribution in [2.24, 2.45) is 4.99 Å². The van der Waals surface area contributed by atoms with Crippen LogP contribution in [0.5, 0.6) is 11.5 Å². The van der Waals surface area contributed by atoms with Gasteiger partial charge in [0.2, 0.25) is 0 Å². The molecule has 0 amide bonds. The fourth-order valence-electron chi connectivity index (χ4n) is 3.60. The van der Waals surface area contributed by atoms with E-state index in [-0.39, 0.29) is 11.9 Å². The largest absolute Gasteiger partial charge is 0.573 e. The third-order valence-electron chi connectivity index (χ3n) is 5.05. The number of amidine groups is 1. The number of hydrogen-bond acceptors (Lipinski definition) is 5. The Hall–Kier alpha value is -2.90. The van der Waals surface area contributed by atoms with Gasteiger partial charge in [-0.05, 0) is 48.0 Å². The summed E-state index contributed by atoms with van der Waals surface area (Å²) in [6, 6.07) is 11.8. The van der Waals surface area contributed by atoms with Gasteiger partial charge in [0.05, 0.1) is 12.2 Å². The highest BCUT2D eigenvalue weighted by atomic mass is 19.4. The number of halogens is 3. The van der Waals surface area contributed by atoms with E-state index in [1.54, 1.807) is 0 Å². The van der Waals surface area contributed by atoms with E-state index < -0.39 is 6.36 Å². The molecule has 5 nitrogen and oxygen atoms in total. The molecule has 0 N–H and O–H groups in total. The Kier molecular flexibility index (Phi) is 5.02. The predicted octanol–water partition coefficient (Wildman–Crippen LogP) is 4.39. The molecule has 2 aliphatic heterocycles. The van der Waals surface area contributed by atoms with Gasteiger partial charge in [0.15, 0.2) is 0 Å². The molecule has 8 heteroatoms. The van der Waals surface area contributed by atoms with E-state index in [0.29, 0.717) is 5.75 Å². The molecule has 29 heavy (non-hydrogen) atoms. The third kappa shape index (κ3) is 4.58. The van der Waals surface area contributed by atoms with Gasteiger partial charge in [0, 0.05) is 39.2 Å². The molecule has 1 saturated heterocycles. The first-order valence-corrected chi connectivity index (χ1v) is 9.42. The first-order chi connectivity index (χ1) is 13.8. The number of likely N-dealkylation sites (N-methyl/N-ethyl adjacent to an activating group) is 1. The summed E-state index contributed by atoms with van der Waals surface area (Å²) in [5.41, 5.74) is 3.38. The minimum Gasteiger partial charge on any atom is -0.489 e. The first kappa shape index (κ1) is 19.4. The number of alkyl halides is 3. The van der Waals surface area contributed by atoms with Crippen LogP contribution in [0.25, 0.3) is 0 Å². The average Bonchev–Trinajstić information content (AvgIpc) is 3.28. The second-order valence-corrected chi connectivity index (χ2v) is 7.41. The van der Waals surface area contributed by atoms with Gasteiger partial charge in [0.25, 0.3) is 0 Å². The monoisotopic (exact) mass is 405 g/mol. The van der Waals surface area contributed by atoms with Crippen LogP contribution < -0.4 is 14.4 Å². The molecule has 1 atom stereocenters. The number of anilines is 1. The molecule has 2 heterocycles. The molecular weight excluding hydrogens is 383 g/mol. The predicted molar refractivity (Wildman–Crippen MR) is 105 cm³/mol. The van der Waals surface area contributed by atoms with Crippen molar-refractivity contribution >= 4 is 17.2 Å². The Balaban J connectivity index is 1.35. The number of hydrogen-bond donors (Lipinski definition) is 0. The van der Waals surface area contributed by atoms with Gasteiger partial charge in [-0.15, -0.1) is 13.2 Å². The molecule has 0 aromatic heterocycles. The van der Waals surface area contributed by atoms with Crippen LogP contribution in [0.1, 0.15) is 12.0 Å². The van der Waals surface area contributed by atoms with E-state index in [4.69, 9.17) is 4.74 Å². The van der Waals surface area contributed by atoms with E-state index in [1.165, 1.54) is 29.8 Å². The van der Waals surface area contributed by atoms with Crippen molar-refractivity contribution in [3.05, 3.63) is 48.0 Å². The van der Waals surface area contributed by atoms with E-state index in [0.717, 1.165) is 43.1 Å². The maximum absolute atomic E-state index is 12.2. The fraction of sp³-hybridized carbons (Fsp3) is 0.381. The van der Waals surface area contributed by atoms with Crippen molar-refractivity contribution in [3.63, 3.8) is 0 Å². The molecule has 1 unspecified atom stereocenters. The number of benzene rings is 2. The minimum absolute atomic E-state index is 0.0220. The van der Waals surface area contributed by atoms with Crippen LogP contribution in [0.2, 0.25) is 0 Å². The second kappa shape index (κ2) is 7.50. The molecule has 154 valence electrons. The first-order valence-electron chi connectivity index (χ1n) is 9.42. The highest BCUT2D eigenvalue weighted by Gasteiger charge is 2.31. The zero-order valence-electron chi connectivity index (χ0n) is 16.2. The molecule has 0 bridgehead atoms. The van der Waals surface area contributed by atoms with Crippen LogP contribution in [0.3, 0.4) is 0 Å². The average molecular weight is 405 g/mol. The van der Waals surface area contributed by atoms with Gasteiger partial charge in [-0.1, -0.05) is 0 Å². The lowest BCUT2D eigenvalue weighted by atomic mass is 10.1. The summed E-state index contributed by atoms with van der Waals surface area (Å²) in [5.74, 6) is 1.33. The standard InChI is InChI=1S/C21H22F3N3O2/c1-26(2)20-12-14-11-15(3-8-19(14)25-20)27-10-9-18(13-27)28-16-4-6-17(7-5-16)29-21(22,23)24/h3-8,11,18H,9-10,12-13H2,1-2H3. The third-order valence-corrected chi connectivity index (χ3v) is 5.05. The van der Waals surface area contributed by atoms with Crippen LogP contribution in [0.4, 0.5) is 24.5 Å². The quantitative estimate of drug-likeness (QED) is 0.756. The van der Waals surface area contributed by atoms with E-state index in [9.17, 15) is 13.2 Å². The molecule has 1 fully saturated rings. The Morgan fingerprint density at radius 2 is 1.79 bits per heavy atom. The molecule has 2 aromatic rings. The molecule has 0 radical (unpaired) electrons. The highest BCUT2D eigenvalue weighted by Crippen LogP contribution is 2.33. The van der Waals surface area contributed by atoms with E-state index in [1.807, 2.05) is 19.0 Å². The summed E-state index contributed by atoms with van der Waals surface area (Å²) < 4.78 is 46.6. The van der Waals surface area contributed by atoms with E-state index >= 15 is 0 Å². The topological polar surface area (TPSA) is 37.3 Å². The number of fused-ring (bicyclic) bond motifs is 1. The molecule has 0 aliphatic carbocycles. The van der Waals surface area contributed by atoms with Gasteiger partial charge >= 0.3 is 6.36 Å². The summed E-state index contributed by atoms with van der Waals surface area (Å²) in [6.07, 6.45) is -3.04. The van der Waals surface area contributed by atoms with Crippen LogP contribution in [-0.4, -0.2) is 50.4 Å². The molecule has 0 spiro atoms. The summed E-state index contributed by atoms with van der Waals surface area (Å²) in [7, 11) is 3.99. The van der Waals surface area contributed by atoms with Gasteiger partial charge < -0.3 is 19.3 Å². The Morgan fingerprint density at radius 1 is 1.07 bits per heavy atom. The van der Waals surface area contributed by atoms with Crippen molar-refractivity contribution < 1.29 is 22.6 Å². The number of ether oxygens (including phenoxy) is 2. The summed E-state index contributed by atoms with van der Waals surface area (Å²) >= 11 is 0. The Labute approximate surface area is 167 Å². The lowest BCUT2D eigenvalue weighted by molar-refractivity contribution is -0.274. The normalized spacial score (nSPS) is 18.4. The fourth-order valence-corrected chi connectivity index (χ4v) is 3.60. The zero-order chi connectivity index (χ0) is 20.6. The van der Waals surface area contributed by atoms with Crippen molar-refractivity contribution in [2.45, 2.75) is 25.3 Å². The Morgan fingerprint density at radius 3 is 2.48 bits per heavy atom. The highest BCUT2D eigenvalue weighted by molar-refractivity contribution is 5.92. The maximum Gasteiger partial charge on any atom is 0.573 e. The summed E-state index contributed by atoms with van der Waals surface area (Å²) in [6.45, 7) is 1.58. The van der Waals surface area contributed by atoms with Gasteiger partial charge in [-0.3, -0.25) is 0 Å². The summed E-state index contributed by atoms with van der Waals surface area (Å²) in [4.78, 5) is 8.93. The zero-order valence-corrected chi connectivity index (χ0v) is 16.2. The van der Waals surface area contributed by atoms with Gasteiger partial charge in [-0.25, -0.2) is 4.99 Å². The molecule has 2 aromatic carbocycles. The minimum atomic E-state index is -4.69. The van der Waals surface area contributed by atoms with Crippen molar-refractivity contribution in [1.29, 1.82) is 0 Å². The maximum atomic E-state index is 12.2. The molecule has 2 aliphatic rings. The Bertz CT molecular complexity index is 910. The van der Waals surface area contributed by atoms with Crippen LogP contribution in [0.15, 0.2) is 47.5 Å². The van der Waals surface area contributed by atoms with Crippen LogP contribution in [0, 0.1) is 0 Å². The van der Waals surface area contributed by atoms with Crippen molar-refractivity contribution in [1.82, 2.24) is 4.90 Å².